The standard InChI is InChI=1S/C12H19N3O/c1-2-16-12(5-3-4-6-12)11(13)10-9-14-7-8-15-10/h7-9,11H,2-6,13H2,1H3. The Morgan fingerprint density at radius 2 is 2.19 bits per heavy atom. The van der Waals surface area contributed by atoms with Gasteiger partial charge in [0.25, 0.3) is 0 Å². The summed E-state index contributed by atoms with van der Waals surface area (Å²) >= 11 is 0. The molecule has 1 aliphatic rings. The van der Waals surface area contributed by atoms with E-state index < -0.39 is 0 Å². The molecule has 0 radical (unpaired) electrons. The van der Waals surface area contributed by atoms with Crippen LogP contribution in [0.25, 0.3) is 0 Å². The van der Waals surface area contributed by atoms with E-state index in [1.807, 2.05) is 6.92 Å². The molecule has 4 nitrogen and oxygen atoms in total. The lowest BCUT2D eigenvalue weighted by Crippen LogP contribution is -2.42. The van der Waals surface area contributed by atoms with Gasteiger partial charge in [0.1, 0.15) is 0 Å². The summed E-state index contributed by atoms with van der Waals surface area (Å²) in [6.45, 7) is 2.72. The Morgan fingerprint density at radius 3 is 2.75 bits per heavy atom. The molecule has 0 aliphatic heterocycles. The number of hydrogen-bond donors (Lipinski definition) is 1. The lowest BCUT2D eigenvalue weighted by atomic mass is 9.90. The molecule has 2 rings (SSSR count). The second kappa shape index (κ2) is 4.89. The van der Waals surface area contributed by atoms with E-state index in [-0.39, 0.29) is 11.6 Å². The molecule has 0 spiro atoms. The van der Waals surface area contributed by atoms with Crippen LogP contribution in [0.4, 0.5) is 0 Å². The quantitative estimate of drug-likeness (QED) is 0.842. The van der Waals surface area contributed by atoms with Gasteiger partial charge in [-0.25, -0.2) is 0 Å². The van der Waals surface area contributed by atoms with Crippen LogP contribution in [0, 0.1) is 0 Å². The Bertz CT molecular complexity index is 322. The molecule has 1 aromatic heterocycles. The molecule has 0 bridgehead atoms. The van der Waals surface area contributed by atoms with Gasteiger partial charge in [0.2, 0.25) is 0 Å². The first-order valence-electron chi connectivity index (χ1n) is 5.94. The van der Waals surface area contributed by atoms with Crippen molar-refractivity contribution in [1.82, 2.24) is 9.97 Å². The van der Waals surface area contributed by atoms with Gasteiger partial charge in [0.05, 0.1) is 23.5 Å². The lowest BCUT2D eigenvalue weighted by Gasteiger charge is -2.34. The molecule has 1 unspecified atom stereocenters. The molecule has 0 amide bonds. The van der Waals surface area contributed by atoms with Crippen LogP contribution in [-0.4, -0.2) is 22.2 Å². The van der Waals surface area contributed by atoms with Crippen molar-refractivity contribution in [3.63, 3.8) is 0 Å². The molecule has 1 atom stereocenters. The van der Waals surface area contributed by atoms with Gasteiger partial charge in [-0.15, -0.1) is 0 Å². The third kappa shape index (κ3) is 2.08. The Kier molecular flexibility index (Phi) is 3.51. The topological polar surface area (TPSA) is 61.0 Å². The number of nitrogens with zero attached hydrogens (tertiary/aromatic N) is 2. The van der Waals surface area contributed by atoms with E-state index in [1.165, 1.54) is 12.8 Å². The van der Waals surface area contributed by atoms with Crippen LogP contribution in [0.1, 0.15) is 44.3 Å². The highest BCUT2D eigenvalue weighted by molar-refractivity contribution is 5.10. The highest BCUT2D eigenvalue weighted by Crippen LogP contribution is 2.40. The minimum atomic E-state index is -0.217. The summed E-state index contributed by atoms with van der Waals surface area (Å²) in [4.78, 5) is 8.35. The second-order valence-corrected chi connectivity index (χ2v) is 4.31. The number of nitrogens with two attached hydrogens (primary N) is 1. The van der Waals surface area contributed by atoms with Crippen LogP contribution in [0.5, 0.6) is 0 Å². The maximum Gasteiger partial charge on any atom is 0.0890 e. The van der Waals surface area contributed by atoms with Crippen LogP contribution < -0.4 is 5.73 Å². The van der Waals surface area contributed by atoms with Gasteiger partial charge < -0.3 is 10.5 Å². The monoisotopic (exact) mass is 221 g/mol. The van der Waals surface area contributed by atoms with E-state index in [0.717, 1.165) is 18.5 Å². The summed E-state index contributed by atoms with van der Waals surface area (Å²) in [5.41, 5.74) is 6.91. The van der Waals surface area contributed by atoms with Gasteiger partial charge in [0, 0.05) is 19.0 Å². The summed E-state index contributed by atoms with van der Waals surface area (Å²) in [5, 5.41) is 0. The zero-order valence-corrected chi connectivity index (χ0v) is 9.72. The summed E-state index contributed by atoms with van der Waals surface area (Å²) in [6, 6.07) is -0.163. The van der Waals surface area contributed by atoms with Crippen LogP contribution in [0.15, 0.2) is 18.6 Å². The third-order valence-corrected chi connectivity index (χ3v) is 3.35. The maximum atomic E-state index is 6.29. The van der Waals surface area contributed by atoms with E-state index in [1.54, 1.807) is 18.6 Å². The summed E-state index contributed by atoms with van der Waals surface area (Å²) in [6.07, 6.45) is 9.52. The number of ether oxygens (including phenoxy) is 1. The first-order valence-corrected chi connectivity index (χ1v) is 5.94. The van der Waals surface area contributed by atoms with Crippen LogP contribution in [-0.2, 0) is 4.74 Å². The van der Waals surface area contributed by atoms with Crippen molar-refractivity contribution in [2.75, 3.05) is 6.61 Å². The van der Waals surface area contributed by atoms with Gasteiger partial charge in [0.15, 0.2) is 0 Å². The fourth-order valence-corrected chi connectivity index (χ4v) is 2.55. The lowest BCUT2D eigenvalue weighted by molar-refractivity contribution is -0.0545. The minimum absolute atomic E-state index is 0.163. The molecular weight excluding hydrogens is 202 g/mol. The van der Waals surface area contributed by atoms with Crippen molar-refractivity contribution in [2.24, 2.45) is 5.73 Å². The normalized spacial score (nSPS) is 20.9. The first-order chi connectivity index (χ1) is 7.78. The predicted octanol–water partition coefficient (Wildman–Crippen LogP) is 1.83. The average molecular weight is 221 g/mol. The van der Waals surface area contributed by atoms with Crippen molar-refractivity contribution < 1.29 is 4.74 Å². The molecule has 1 saturated carbocycles. The largest absolute Gasteiger partial charge is 0.373 e. The van der Waals surface area contributed by atoms with Crippen LogP contribution in [0.3, 0.4) is 0 Å². The molecular formula is C12H19N3O. The van der Waals surface area contributed by atoms with E-state index in [2.05, 4.69) is 9.97 Å². The SMILES string of the molecule is CCOC1(C(N)c2cnccn2)CCCC1. The molecule has 88 valence electrons. The molecule has 1 heterocycles. The summed E-state index contributed by atoms with van der Waals surface area (Å²) < 4.78 is 5.91. The zero-order chi connectivity index (χ0) is 11.4. The molecule has 0 saturated heterocycles. The molecule has 1 aliphatic carbocycles. The summed E-state index contributed by atoms with van der Waals surface area (Å²) in [7, 11) is 0. The fourth-order valence-electron chi connectivity index (χ4n) is 2.55. The van der Waals surface area contributed by atoms with E-state index in [9.17, 15) is 0 Å². The van der Waals surface area contributed by atoms with Gasteiger partial charge in [-0.2, -0.15) is 0 Å². The van der Waals surface area contributed by atoms with E-state index in [4.69, 9.17) is 10.5 Å². The van der Waals surface area contributed by atoms with Crippen molar-refractivity contribution in [1.29, 1.82) is 0 Å². The molecule has 16 heavy (non-hydrogen) atoms. The Morgan fingerprint density at radius 1 is 1.44 bits per heavy atom. The number of hydrogen-bond acceptors (Lipinski definition) is 4. The van der Waals surface area contributed by atoms with Crippen molar-refractivity contribution in [2.45, 2.75) is 44.2 Å². The van der Waals surface area contributed by atoms with Crippen LogP contribution in [0.2, 0.25) is 0 Å². The van der Waals surface area contributed by atoms with Gasteiger partial charge >= 0.3 is 0 Å². The van der Waals surface area contributed by atoms with Crippen molar-refractivity contribution in [3.05, 3.63) is 24.3 Å². The van der Waals surface area contributed by atoms with Crippen molar-refractivity contribution in [3.8, 4) is 0 Å². The third-order valence-electron chi connectivity index (χ3n) is 3.35. The second-order valence-electron chi connectivity index (χ2n) is 4.31. The Balaban J connectivity index is 2.20. The minimum Gasteiger partial charge on any atom is -0.373 e. The van der Waals surface area contributed by atoms with Crippen molar-refractivity contribution >= 4 is 0 Å². The highest BCUT2D eigenvalue weighted by Gasteiger charge is 2.41. The molecule has 1 fully saturated rings. The Hall–Kier alpha value is -1.00. The molecule has 1 aromatic rings. The van der Waals surface area contributed by atoms with Gasteiger partial charge in [-0.1, -0.05) is 12.8 Å². The van der Waals surface area contributed by atoms with E-state index in [0.29, 0.717) is 6.61 Å². The van der Waals surface area contributed by atoms with E-state index >= 15 is 0 Å². The molecule has 4 heteroatoms. The molecule has 0 aromatic carbocycles. The van der Waals surface area contributed by atoms with Crippen LogP contribution >= 0.6 is 0 Å². The van der Waals surface area contributed by atoms with Gasteiger partial charge in [-0.3, -0.25) is 9.97 Å². The summed E-state index contributed by atoms with van der Waals surface area (Å²) in [5.74, 6) is 0. The first kappa shape index (κ1) is 11.5. The predicted molar refractivity (Wildman–Crippen MR) is 61.8 cm³/mol. The fraction of sp³-hybridized carbons (Fsp3) is 0.667. The average Bonchev–Trinajstić information content (AvgIpc) is 2.80. The zero-order valence-electron chi connectivity index (χ0n) is 9.72. The highest BCUT2D eigenvalue weighted by atomic mass is 16.5. The smallest absolute Gasteiger partial charge is 0.0890 e. The van der Waals surface area contributed by atoms with Gasteiger partial charge in [-0.05, 0) is 19.8 Å². The number of aromatic nitrogens is 2. The maximum absolute atomic E-state index is 6.29. The molecule has 2 N–H and O–H groups in total. The number of rotatable bonds is 4. The Labute approximate surface area is 96.2 Å².